The molecule has 2 aromatic heterocycles. The molecular weight excluding hydrogens is 436 g/mol. The van der Waals surface area contributed by atoms with Crippen LogP contribution < -0.4 is 0 Å². The maximum absolute atomic E-state index is 13.5. The highest BCUT2D eigenvalue weighted by Gasteiger charge is 2.31. The predicted octanol–water partition coefficient (Wildman–Crippen LogP) is 3.48. The molecule has 3 aromatic rings. The first-order chi connectivity index (χ1) is 13.6. The van der Waals surface area contributed by atoms with Crippen molar-refractivity contribution < 1.29 is 27.4 Å². The highest BCUT2D eigenvalue weighted by molar-refractivity contribution is 7.91. The molecule has 0 aliphatic heterocycles. The molecule has 11 heteroatoms. The van der Waals surface area contributed by atoms with Gasteiger partial charge in [-0.05, 0) is 40.7 Å². The van der Waals surface area contributed by atoms with E-state index in [1.807, 2.05) is 0 Å². The van der Waals surface area contributed by atoms with Crippen molar-refractivity contribution in [2.24, 2.45) is 0 Å². The van der Waals surface area contributed by atoms with E-state index in [1.165, 1.54) is 41.8 Å². The molecule has 0 atom stereocenters. The quantitative estimate of drug-likeness (QED) is 0.585. The second kappa shape index (κ2) is 7.33. The maximum Gasteiger partial charge on any atom is 0.265 e. The zero-order valence-electron chi connectivity index (χ0n) is 17.1. The minimum Gasteiger partial charge on any atom is -0.389 e. The molecule has 0 aliphatic carbocycles. The number of aliphatic hydroxyl groups is 2. The normalized spacial score (nSPS) is 13.5. The fourth-order valence-corrected chi connectivity index (χ4v) is 5.96. The maximum atomic E-state index is 13.5. The van der Waals surface area contributed by atoms with Crippen LogP contribution in [0.3, 0.4) is 0 Å². The molecule has 0 bridgehead atoms. The minimum absolute atomic E-state index is 0.339. The fourth-order valence-electron chi connectivity index (χ4n) is 3.10. The Labute approximate surface area is 176 Å². The average Bonchev–Trinajstić information content (AvgIpc) is 3.08. The van der Waals surface area contributed by atoms with Crippen molar-refractivity contribution in [1.82, 2.24) is 14.6 Å². The molecule has 0 spiro atoms. The van der Waals surface area contributed by atoms with Gasteiger partial charge in [0.05, 0.1) is 27.6 Å². The van der Waals surface area contributed by atoms with Crippen molar-refractivity contribution in [2.45, 2.75) is 57.1 Å². The summed E-state index contributed by atoms with van der Waals surface area (Å²) in [4.78, 5) is 4.35. The lowest BCUT2D eigenvalue weighted by Crippen LogP contribution is -2.30. The average molecular weight is 460 g/mol. The Morgan fingerprint density at radius 2 is 1.83 bits per heavy atom. The summed E-state index contributed by atoms with van der Waals surface area (Å²) in [5, 5.41) is 24.9. The fraction of sp³-hybridized carbons (Fsp3) is 0.474. The molecule has 0 saturated carbocycles. The van der Waals surface area contributed by atoms with Gasteiger partial charge >= 0.3 is 0 Å². The Bertz CT molecular complexity index is 1200. The molecule has 164 valence electrons. The largest absolute Gasteiger partial charge is 0.389 e. The van der Waals surface area contributed by atoms with Crippen molar-refractivity contribution in [2.75, 3.05) is 5.75 Å². The molecule has 2 heterocycles. The van der Waals surface area contributed by atoms with Gasteiger partial charge in [0.25, 0.3) is 6.43 Å². The molecular formula is C19H23F2N3O4S2. The van der Waals surface area contributed by atoms with Crippen molar-refractivity contribution >= 4 is 26.1 Å². The molecule has 3 rings (SSSR count). The van der Waals surface area contributed by atoms with Crippen LogP contribution in [-0.2, 0) is 15.4 Å². The molecule has 0 radical (unpaired) electrons. The molecule has 0 fully saturated rings. The number of hydrogen-bond donors (Lipinski definition) is 2. The van der Waals surface area contributed by atoms with E-state index in [-0.39, 0.29) is 0 Å². The summed E-state index contributed by atoms with van der Waals surface area (Å²) in [5.41, 5.74) is -2.10. The third kappa shape index (κ3) is 4.39. The van der Waals surface area contributed by atoms with Crippen LogP contribution in [0, 0.1) is 6.92 Å². The lowest BCUT2D eigenvalue weighted by atomic mass is 10.1. The van der Waals surface area contributed by atoms with E-state index in [4.69, 9.17) is 0 Å². The molecule has 1 aromatic carbocycles. The summed E-state index contributed by atoms with van der Waals surface area (Å²) in [6.45, 7) is 7.46. The molecule has 0 aliphatic rings. The van der Waals surface area contributed by atoms with Gasteiger partial charge < -0.3 is 10.2 Å². The Morgan fingerprint density at radius 1 is 1.20 bits per heavy atom. The Balaban J connectivity index is 2.23. The van der Waals surface area contributed by atoms with Crippen LogP contribution in [0.1, 0.15) is 50.4 Å². The van der Waals surface area contributed by atoms with Gasteiger partial charge in [-0.25, -0.2) is 26.7 Å². The lowest BCUT2D eigenvalue weighted by Gasteiger charge is -2.19. The number of nitrogens with zero attached hydrogens (tertiary/aromatic N) is 3. The predicted molar refractivity (Wildman–Crippen MR) is 110 cm³/mol. The standard InChI is InChI=1S/C19H23F2N3O4S2/c1-10-14(24-17(22-10)29-16(23-24)19(4,5)26)11-6-7-12(15(20)21)13(8-11)30(27,28)9-18(2,3)25/h6-8,15,25-26H,9H2,1-5H3. The Morgan fingerprint density at radius 3 is 2.37 bits per heavy atom. The van der Waals surface area contributed by atoms with Gasteiger partial charge in [-0.15, -0.1) is 0 Å². The minimum atomic E-state index is -4.21. The number of aromatic nitrogens is 3. The smallest absolute Gasteiger partial charge is 0.265 e. The number of fused-ring (bicyclic) bond motifs is 1. The van der Waals surface area contributed by atoms with Gasteiger partial charge in [0.1, 0.15) is 10.6 Å². The van der Waals surface area contributed by atoms with Gasteiger partial charge in [0.2, 0.25) is 4.96 Å². The van der Waals surface area contributed by atoms with Gasteiger partial charge in [0.15, 0.2) is 9.84 Å². The van der Waals surface area contributed by atoms with E-state index >= 15 is 0 Å². The number of alkyl halides is 2. The van der Waals surface area contributed by atoms with Crippen LogP contribution in [-0.4, -0.2) is 44.6 Å². The van der Waals surface area contributed by atoms with Crippen molar-refractivity contribution in [3.8, 4) is 11.3 Å². The highest BCUT2D eigenvalue weighted by Crippen LogP contribution is 2.35. The second-order valence-electron chi connectivity index (χ2n) is 8.33. The third-order valence-corrected chi connectivity index (χ3v) is 7.63. The summed E-state index contributed by atoms with van der Waals surface area (Å²) in [6, 6.07) is 3.63. The second-order valence-corrected chi connectivity index (χ2v) is 11.2. The monoisotopic (exact) mass is 459 g/mol. The number of rotatable bonds is 6. The van der Waals surface area contributed by atoms with E-state index < -0.39 is 43.7 Å². The topological polar surface area (TPSA) is 105 Å². The molecule has 0 unspecified atom stereocenters. The summed E-state index contributed by atoms with van der Waals surface area (Å²) in [6.07, 6.45) is -3.00. The van der Waals surface area contributed by atoms with Crippen LogP contribution in [0.2, 0.25) is 0 Å². The summed E-state index contributed by atoms with van der Waals surface area (Å²) in [5.74, 6) is -0.705. The third-order valence-electron chi connectivity index (χ3n) is 4.30. The number of benzene rings is 1. The van der Waals surface area contributed by atoms with Crippen LogP contribution in [0.15, 0.2) is 23.1 Å². The molecule has 7 nitrogen and oxygen atoms in total. The van der Waals surface area contributed by atoms with Gasteiger partial charge in [-0.2, -0.15) is 5.10 Å². The molecule has 0 amide bonds. The van der Waals surface area contributed by atoms with Crippen LogP contribution in [0.5, 0.6) is 0 Å². The van der Waals surface area contributed by atoms with E-state index in [9.17, 15) is 27.4 Å². The van der Waals surface area contributed by atoms with Gasteiger partial charge in [-0.3, -0.25) is 0 Å². The Hall–Kier alpha value is -1.95. The van der Waals surface area contributed by atoms with Crippen LogP contribution in [0.4, 0.5) is 8.78 Å². The van der Waals surface area contributed by atoms with Crippen LogP contribution in [0.25, 0.3) is 16.2 Å². The molecule has 2 N–H and O–H groups in total. The number of halogens is 2. The van der Waals surface area contributed by atoms with E-state index in [0.717, 1.165) is 6.07 Å². The molecule has 0 saturated heterocycles. The summed E-state index contributed by atoms with van der Waals surface area (Å²) < 4.78 is 54.2. The first-order valence-corrected chi connectivity index (χ1v) is 11.5. The van der Waals surface area contributed by atoms with E-state index in [1.54, 1.807) is 20.8 Å². The van der Waals surface area contributed by atoms with Crippen LogP contribution >= 0.6 is 11.3 Å². The van der Waals surface area contributed by atoms with E-state index in [2.05, 4.69) is 10.1 Å². The first kappa shape index (κ1) is 22.7. The number of aryl methyl sites for hydroxylation is 1. The Kier molecular flexibility index (Phi) is 5.55. The van der Waals surface area contributed by atoms with E-state index in [0.29, 0.717) is 26.9 Å². The van der Waals surface area contributed by atoms with Gasteiger partial charge in [0, 0.05) is 11.1 Å². The number of sulfone groups is 1. The van der Waals surface area contributed by atoms with Gasteiger partial charge in [-0.1, -0.05) is 23.5 Å². The summed E-state index contributed by atoms with van der Waals surface area (Å²) in [7, 11) is -4.21. The SMILES string of the molecule is Cc1nc2sc(C(C)(C)O)nn2c1-c1ccc(C(F)F)c(S(=O)(=O)CC(C)(C)O)c1. The summed E-state index contributed by atoms with van der Waals surface area (Å²) >= 11 is 1.18. The van der Waals surface area contributed by atoms with Crippen molar-refractivity contribution in [1.29, 1.82) is 0 Å². The number of hydrogen-bond acceptors (Lipinski definition) is 7. The zero-order chi connectivity index (χ0) is 22.6. The lowest BCUT2D eigenvalue weighted by molar-refractivity contribution is 0.0773. The van der Waals surface area contributed by atoms with Crippen molar-refractivity contribution in [3.05, 3.63) is 34.5 Å². The number of imidazole rings is 1. The zero-order valence-corrected chi connectivity index (χ0v) is 18.8. The highest BCUT2D eigenvalue weighted by atomic mass is 32.2. The first-order valence-electron chi connectivity index (χ1n) is 9.07. The molecule has 30 heavy (non-hydrogen) atoms. The van der Waals surface area contributed by atoms with Crippen molar-refractivity contribution in [3.63, 3.8) is 0 Å².